The molecule has 1 nitrogen and oxygen atoms in total. The van der Waals surface area contributed by atoms with E-state index in [-0.39, 0.29) is 23.8 Å². The summed E-state index contributed by atoms with van der Waals surface area (Å²) in [4.78, 5) is 0. The van der Waals surface area contributed by atoms with E-state index in [2.05, 4.69) is 20.8 Å². The SMILES string of the molecule is CC(C)(C)C(CCO)c1ccc(F)cc1. The van der Waals surface area contributed by atoms with Gasteiger partial charge in [0.2, 0.25) is 0 Å². The molecule has 0 fully saturated rings. The molecule has 0 aliphatic heterocycles. The van der Waals surface area contributed by atoms with Crippen molar-refractivity contribution < 1.29 is 9.50 Å². The Morgan fingerprint density at radius 2 is 1.73 bits per heavy atom. The van der Waals surface area contributed by atoms with Gasteiger partial charge in [0.25, 0.3) is 0 Å². The standard InChI is InChI=1S/C13H19FO/c1-13(2,3)12(8-9-15)10-4-6-11(14)7-5-10/h4-7,12,15H,8-9H2,1-3H3. The minimum Gasteiger partial charge on any atom is -0.396 e. The second-order valence-electron chi connectivity index (χ2n) is 4.98. The fraction of sp³-hybridized carbons (Fsp3) is 0.538. The molecule has 84 valence electrons. The highest BCUT2D eigenvalue weighted by atomic mass is 19.1. The molecule has 0 bridgehead atoms. The first-order chi connectivity index (χ1) is 6.95. The van der Waals surface area contributed by atoms with Crippen LogP contribution in [0.4, 0.5) is 4.39 Å². The first-order valence-corrected chi connectivity index (χ1v) is 5.31. The Labute approximate surface area is 90.9 Å². The van der Waals surface area contributed by atoms with E-state index in [1.807, 2.05) is 0 Å². The van der Waals surface area contributed by atoms with E-state index in [1.165, 1.54) is 12.1 Å². The van der Waals surface area contributed by atoms with Gasteiger partial charge < -0.3 is 5.11 Å². The maximum Gasteiger partial charge on any atom is 0.123 e. The van der Waals surface area contributed by atoms with E-state index >= 15 is 0 Å². The third kappa shape index (κ3) is 3.31. The van der Waals surface area contributed by atoms with E-state index in [4.69, 9.17) is 5.11 Å². The second kappa shape index (κ2) is 4.75. The fourth-order valence-electron chi connectivity index (χ4n) is 1.92. The molecule has 0 spiro atoms. The van der Waals surface area contributed by atoms with E-state index < -0.39 is 0 Å². The molecule has 0 radical (unpaired) electrons. The summed E-state index contributed by atoms with van der Waals surface area (Å²) < 4.78 is 12.8. The Balaban J connectivity index is 2.94. The van der Waals surface area contributed by atoms with Crippen LogP contribution in [0, 0.1) is 11.2 Å². The molecular weight excluding hydrogens is 191 g/mol. The summed E-state index contributed by atoms with van der Waals surface area (Å²) in [6, 6.07) is 6.57. The van der Waals surface area contributed by atoms with Crippen molar-refractivity contribution in [2.75, 3.05) is 6.61 Å². The van der Waals surface area contributed by atoms with Gasteiger partial charge in [0.05, 0.1) is 0 Å². The summed E-state index contributed by atoms with van der Waals surface area (Å²) in [5, 5.41) is 9.04. The monoisotopic (exact) mass is 210 g/mol. The van der Waals surface area contributed by atoms with Crippen molar-refractivity contribution in [2.45, 2.75) is 33.1 Å². The van der Waals surface area contributed by atoms with Gasteiger partial charge in [-0.2, -0.15) is 0 Å². The van der Waals surface area contributed by atoms with Crippen LogP contribution in [-0.2, 0) is 0 Å². The Bertz CT molecular complexity index is 297. The molecule has 0 heterocycles. The average Bonchev–Trinajstić information content (AvgIpc) is 2.14. The largest absolute Gasteiger partial charge is 0.396 e. The first kappa shape index (κ1) is 12.2. The molecule has 1 aromatic carbocycles. The van der Waals surface area contributed by atoms with Crippen LogP contribution in [0.25, 0.3) is 0 Å². The quantitative estimate of drug-likeness (QED) is 0.811. The number of aliphatic hydroxyl groups is 1. The lowest BCUT2D eigenvalue weighted by Crippen LogP contribution is -2.19. The van der Waals surface area contributed by atoms with Gasteiger partial charge in [-0.1, -0.05) is 32.9 Å². The fourth-order valence-corrected chi connectivity index (χ4v) is 1.92. The van der Waals surface area contributed by atoms with Gasteiger partial charge in [0.1, 0.15) is 5.82 Å². The van der Waals surface area contributed by atoms with Gasteiger partial charge in [-0.25, -0.2) is 4.39 Å². The lowest BCUT2D eigenvalue weighted by Gasteiger charge is -2.30. The first-order valence-electron chi connectivity index (χ1n) is 5.31. The molecule has 0 aliphatic rings. The molecule has 0 amide bonds. The zero-order chi connectivity index (χ0) is 11.5. The minimum atomic E-state index is -0.213. The smallest absolute Gasteiger partial charge is 0.123 e. The van der Waals surface area contributed by atoms with Gasteiger partial charge in [-0.15, -0.1) is 0 Å². The molecule has 1 aromatic rings. The van der Waals surface area contributed by atoms with Crippen molar-refractivity contribution in [3.63, 3.8) is 0 Å². The Kier molecular flexibility index (Phi) is 3.86. The second-order valence-corrected chi connectivity index (χ2v) is 4.98. The summed E-state index contributed by atoms with van der Waals surface area (Å²) in [6.07, 6.45) is 0.717. The normalized spacial score (nSPS) is 13.9. The van der Waals surface area contributed by atoms with Gasteiger partial charge in [0.15, 0.2) is 0 Å². The molecule has 1 unspecified atom stereocenters. The van der Waals surface area contributed by atoms with Gasteiger partial charge in [0, 0.05) is 6.61 Å². The highest BCUT2D eigenvalue weighted by Crippen LogP contribution is 2.37. The van der Waals surface area contributed by atoms with E-state index in [9.17, 15) is 4.39 Å². The molecular formula is C13H19FO. The van der Waals surface area contributed by atoms with Crippen molar-refractivity contribution in [3.8, 4) is 0 Å². The molecule has 1 rings (SSSR count). The van der Waals surface area contributed by atoms with Gasteiger partial charge in [-0.05, 0) is 35.4 Å². The molecule has 1 atom stereocenters. The Morgan fingerprint density at radius 1 is 1.20 bits per heavy atom. The molecule has 2 heteroatoms. The lowest BCUT2D eigenvalue weighted by atomic mass is 9.75. The van der Waals surface area contributed by atoms with Crippen LogP contribution in [0.2, 0.25) is 0 Å². The summed E-state index contributed by atoms with van der Waals surface area (Å²) >= 11 is 0. The van der Waals surface area contributed by atoms with Gasteiger partial charge >= 0.3 is 0 Å². The van der Waals surface area contributed by atoms with Crippen molar-refractivity contribution in [1.29, 1.82) is 0 Å². The number of halogens is 1. The lowest BCUT2D eigenvalue weighted by molar-refractivity contribution is 0.223. The molecule has 0 aromatic heterocycles. The summed E-state index contributed by atoms with van der Waals surface area (Å²) in [7, 11) is 0. The van der Waals surface area contributed by atoms with Crippen LogP contribution in [-0.4, -0.2) is 11.7 Å². The summed E-state index contributed by atoms with van der Waals surface area (Å²) in [6.45, 7) is 6.57. The topological polar surface area (TPSA) is 20.2 Å². The van der Waals surface area contributed by atoms with E-state index in [1.54, 1.807) is 12.1 Å². The van der Waals surface area contributed by atoms with Crippen molar-refractivity contribution in [2.24, 2.45) is 5.41 Å². The molecule has 0 saturated carbocycles. The van der Waals surface area contributed by atoms with Crippen LogP contribution < -0.4 is 0 Å². The minimum absolute atomic E-state index is 0.0839. The van der Waals surface area contributed by atoms with Crippen molar-refractivity contribution >= 4 is 0 Å². The zero-order valence-corrected chi connectivity index (χ0v) is 9.63. The Hall–Kier alpha value is -0.890. The van der Waals surface area contributed by atoms with Crippen LogP contribution in [0.5, 0.6) is 0 Å². The maximum absolute atomic E-state index is 12.8. The highest BCUT2D eigenvalue weighted by Gasteiger charge is 2.25. The van der Waals surface area contributed by atoms with Crippen LogP contribution in [0.1, 0.15) is 38.7 Å². The van der Waals surface area contributed by atoms with Crippen molar-refractivity contribution in [3.05, 3.63) is 35.6 Å². The van der Waals surface area contributed by atoms with Crippen LogP contribution in [0.3, 0.4) is 0 Å². The van der Waals surface area contributed by atoms with Crippen LogP contribution in [0.15, 0.2) is 24.3 Å². The van der Waals surface area contributed by atoms with Crippen LogP contribution >= 0.6 is 0 Å². The van der Waals surface area contributed by atoms with E-state index in [0.29, 0.717) is 0 Å². The molecule has 0 aliphatic carbocycles. The molecule has 0 saturated heterocycles. The van der Waals surface area contributed by atoms with Crippen molar-refractivity contribution in [1.82, 2.24) is 0 Å². The number of rotatable bonds is 3. The van der Waals surface area contributed by atoms with Gasteiger partial charge in [-0.3, -0.25) is 0 Å². The average molecular weight is 210 g/mol. The zero-order valence-electron chi connectivity index (χ0n) is 9.63. The summed E-state index contributed by atoms with van der Waals surface area (Å²) in [5.41, 5.74) is 1.18. The molecule has 1 N–H and O–H groups in total. The number of aliphatic hydroxyl groups excluding tert-OH is 1. The predicted molar refractivity (Wildman–Crippen MR) is 60.3 cm³/mol. The predicted octanol–water partition coefficient (Wildman–Crippen LogP) is 3.34. The Morgan fingerprint density at radius 3 is 2.13 bits per heavy atom. The number of hydrogen-bond acceptors (Lipinski definition) is 1. The number of hydrogen-bond donors (Lipinski definition) is 1. The van der Waals surface area contributed by atoms with E-state index in [0.717, 1.165) is 12.0 Å². The third-order valence-electron chi connectivity index (χ3n) is 2.74. The highest BCUT2D eigenvalue weighted by molar-refractivity contribution is 5.22. The summed E-state index contributed by atoms with van der Waals surface area (Å²) in [5.74, 6) is 0.0542. The third-order valence-corrected chi connectivity index (χ3v) is 2.74. The molecule has 15 heavy (non-hydrogen) atoms. The maximum atomic E-state index is 12.8. The number of benzene rings is 1.